The Labute approximate surface area is 187 Å². The molecule has 0 amide bonds. The molecule has 0 aliphatic carbocycles. The van der Waals surface area contributed by atoms with Gasteiger partial charge in [0.25, 0.3) is 5.65 Å². The van der Waals surface area contributed by atoms with Gasteiger partial charge in [-0.05, 0) is 91.9 Å². The van der Waals surface area contributed by atoms with Gasteiger partial charge in [-0.15, -0.1) is 0 Å². The van der Waals surface area contributed by atoms with E-state index in [2.05, 4.69) is 110 Å². The van der Waals surface area contributed by atoms with E-state index in [1.54, 1.807) is 0 Å². The Bertz CT molecular complexity index is 1700. The number of pyridine rings is 2. The molecule has 0 fully saturated rings. The summed E-state index contributed by atoms with van der Waals surface area (Å²) in [6, 6.07) is 24.2. The molecule has 6 rings (SSSR count). The number of fused-ring (bicyclic) bond motifs is 8. The van der Waals surface area contributed by atoms with Crippen molar-refractivity contribution in [3.63, 3.8) is 0 Å². The molecule has 0 aliphatic heterocycles. The van der Waals surface area contributed by atoms with Crippen molar-refractivity contribution in [1.29, 1.82) is 0 Å². The van der Waals surface area contributed by atoms with Crippen molar-refractivity contribution < 1.29 is 4.57 Å². The first kappa shape index (κ1) is 19.0. The lowest BCUT2D eigenvalue weighted by Crippen LogP contribution is -2.27. The van der Waals surface area contributed by atoms with E-state index in [0.717, 1.165) is 11.2 Å². The average Bonchev–Trinajstić information content (AvgIpc) is 3.06. The second-order valence-electron chi connectivity index (χ2n) is 9.01. The lowest BCUT2D eigenvalue weighted by atomic mass is 9.95. The summed E-state index contributed by atoms with van der Waals surface area (Å²) < 4.78 is 4.75. The van der Waals surface area contributed by atoms with Gasteiger partial charge in [0.05, 0.1) is 18.0 Å². The minimum absolute atomic E-state index is 1.06. The molecule has 0 spiro atoms. The minimum Gasteiger partial charge on any atom is -0.252 e. The second kappa shape index (κ2) is 6.64. The van der Waals surface area contributed by atoms with Crippen LogP contribution in [0.1, 0.15) is 22.4 Å². The van der Waals surface area contributed by atoms with E-state index >= 15 is 0 Å². The highest BCUT2D eigenvalue weighted by Crippen LogP contribution is 2.35. The highest BCUT2D eigenvalue weighted by molar-refractivity contribution is 6.12. The van der Waals surface area contributed by atoms with Gasteiger partial charge in [0.2, 0.25) is 0 Å². The SMILES string of the molecule is Cc1cc(C)c2c(n1)c1ccccc1n1c3cc(-c4c(C)cccc4C)ccc3[n+](C)c21. The number of aryl methyl sites for hydroxylation is 5. The van der Waals surface area contributed by atoms with Crippen LogP contribution in [-0.2, 0) is 7.05 Å². The molecule has 0 atom stereocenters. The van der Waals surface area contributed by atoms with E-state index < -0.39 is 0 Å². The summed E-state index contributed by atoms with van der Waals surface area (Å²) in [4.78, 5) is 4.99. The van der Waals surface area contributed by atoms with Crippen LogP contribution >= 0.6 is 0 Å². The summed E-state index contributed by atoms with van der Waals surface area (Å²) in [5.74, 6) is 0. The second-order valence-corrected chi connectivity index (χ2v) is 9.01. The lowest BCUT2D eigenvalue weighted by Gasteiger charge is -2.09. The topological polar surface area (TPSA) is 21.2 Å². The van der Waals surface area contributed by atoms with Gasteiger partial charge in [-0.3, -0.25) is 4.98 Å². The molecule has 0 unspecified atom stereocenters. The van der Waals surface area contributed by atoms with Gasteiger partial charge >= 0.3 is 0 Å². The predicted octanol–water partition coefficient (Wildman–Crippen LogP) is 6.52. The molecule has 3 aromatic carbocycles. The monoisotopic (exact) mass is 416 g/mol. The number of para-hydroxylation sites is 1. The Kier molecular flexibility index (Phi) is 3.94. The van der Waals surface area contributed by atoms with Gasteiger partial charge in [0.1, 0.15) is 5.52 Å². The third kappa shape index (κ3) is 2.48. The molecule has 0 radical (unpaired) electrons. The first-order valence-corrected chi connectivity index (χ1v) is 11.1. The van der Waals surface area contributed by atoms with Crippen LogP contribution in [0.5, 0.6) is 0 Å². The molecule has 6 aromatic rings. The number of imidazole rings is 1. The summed E-state index contributed by atoms with van der Waals surface area (Å²) in [5.41, 5.74) is 13.4. The van der Waals surface area contributed by atoms with Crippen LogP contribution in [-0.4, -0.2) is 9.38 Å². The Balaban J connectivity index is 1.87. The molecule has 3 aromatic heterocycles. The van der Waals surface area contributed by atoms with Crippen molar-refractivity contribution in [2.45, 2.75) is 27.7 Å². The normalized spacial score (nSPS) is 11.9. The molecule has 3 heteroatoms. The van der Waals surface area contributed by atoms with E-state index in [4.69, 9.17) is 4.98 Å². The Morgan fingerprint density at radius 2 is 1.50 bits per heavy atom. The van der Waals surface area contributed by atoms with Crippen LogP contribution in [0.4, 0.5) is 0 Å². The Hall–Kier alpha value is -3.72. The quantitative estimate of drug-likeness (QED) is 0.221. The number of aromatic nitrogens is 3. The first-order valence-electron chi connectivity index (χ1n) is 11.1. The predicted molar refractivity (Wildman–Crippen MR) is 133 cm³/mol. The fraction of sp³-hybridized carbons (Fsp3) is 0.172. The maximum atomic E-state index is 4.99. The largest absolute Gasteiger partial charge is 0.297 e. The van der Waals surface area contributed by atoms with Crippen molar-refractivity contribution in [3.8, 4) is 11.1 Å². The van der Waals surface area contributed by atoms with Crippen LogP contribution in [0, 0.1) is 27.7 Å². The third-order valence-corrected chi connectivity index (χ3v) is 6.85. The molecular formula is C29H26N3+. The van der Waals surface area contributed by atoms with Gasteiger partial charge in [0.15, 0.2) is 11.0 Å². The van der Waals surface area contributed by atoms with Gasteiger partial charge in [-0.25, -0.2) is 4.57 Å². The lowest BCUT2D eigenvalue weighted by molar-refractivity contribution is -0.617. The Morgan fingerprint density at radius 3 is 2.28 bits per heavy atom. The van der Waals surface area contributed by atoms with Crippen molar-refractivity contribution in [1.82, 2.24) is 9.38 Å². The standard InChI is InChI=1S/C29H26N3/c1-17-9-8-10-18(2)26(17)21-13-14-24-25(16-21)32-23-12-7-6-11-22(23)28-27(29(32)31(24)5)19(3)15-20(4)30-28/h6-16H,1-5H3/q+1. The summed E-state index contributed by atoms with van der Waals surface area (Å²) in [6.07, 6.45) is 0. The van der Waals surface area contributed by atoms with Crippen LogP contribution < -0.4 is 4.57 Å². The van der Waals surface area contributed by atoms with E-state index in [9.17, 15) is 0 Å². The molecule has 3 heterocycles. The third-order valence-electron chi connectivity index (χ3n) is 6.85. The summed E-state index contributed by atoms with van der Waals surface area (Å²) in [7, 11) is 2.17. The van der Waals surface area contributed by atoms with Gasteiger partial charge in [-0.1, -0.05) is 30.3 Å². The van der Waals surface area contributed by atoms with Crippen LogP contribution in [0.2, 0.25) is 0 Å². The average molecular weight is 417 g/mol. The number of hydrogen-bond donors (Lipinski definition) is 0. The molecule has 0 bridgehead atoms. The maximum Gasteiger partial charge on any atom is 0.297 e. The van der Waals surface area contributed by atoms with Gasteiger partial charge in [-0.2, -0.15) is 4.40 Å². The zero-order valence-corrected chi connectivity index (χ0v) is 19.2. The van der Waals surface area contributed by atoms with Crippen LogP contribution in [0.25, 0.3) is 49.6 Å². The maximum absolute atomic E-state index is 4.99. The highest BCUT2D eigenvalue weighted by Gasteiger charge is 2.25. The summed E-state index contributed by atoms with van der Waals surface area (Å²) in [6.45, 7) is 8.68. The highest BCUT2D eigenvalue weighted by atomic mass is 15.1. The van der Waals surface area contributed by atoms with Gasteiger partial charge < -0.3 is 0 Å². The van der Waals surface area contributed by atoms with E-state index in [1.807, 2.05) is 0 Å². The molecule has 156 valence electrons. The summed E-state index contributed by atoms with van der Waals surface area (Å²) >= 11 is 0. The first-order chi connectivity index (χ1) is 15.5. The fourth-order valence-corrected chi connectivity index (χ4v) is 5.50. The zero-order chi connectivity index (χ0) is 22.1. The molecule has 0 saturated heterocycles. The molecule has 0 N–H and O–H groups in total. The molecule has 3 nitrogen and oxygen atoms in total. The van der Waals surface area contributed by atoms with Crippen molar-refractivity contribution in [2.75, 3.05) is 0 Å². The number of nitrogens with zero attached hydrogens (tertiary/aromatic N) is 3. The Morgan fingerprint density at radius 1 is 0.750 bits per heavy atom. The molecule has 0 saturated carbocycles. The molecule has 32 heavy (non-hydrogen) atoms. The van der Waals surface area contributed by atoms with E-state index in [-0.39, 0.29) is 0 Å². The zero-order valence-electron chi connectivity index (χ0n) is 19.2. The van der Waals surface area contributed by atoms with Crippen LogP contribution in [0.3, 0.4) is 0 Å². The van der Waals surface area contributed by atoms with E-state index in [0.29, 0.717) is 0 Å². The van der Waals surface area contributed by atoms with Crippen molar-refractivity contribution >= 4 is 38.5 Å². The number of benzene rings is 3. The van der Waals surface area contributed by atoms with Crippen LogP contribution in [0.15, 0.2) is 66.7 Å². The molecule has 0 aliphatic rings. The fourth-order valence-electron chi connectivity index (χ4n) is 5.50. The smallest absolute Gasteiger partial charge is 0.252 e. The minimum atomic E-state index is 1.06. The number of rotatable bonds is 1. The summed E-state index contributed by atoms with van der Waals surface area (Å²) in [5, 5.41) is 2.42. The van der Waals surface area contributed by atoms with Crippen molar-refractivity contribution in [3.05, 3.63) is 89.1 Å². The van der Waals surface area contributed by atoms with Crippen molar-refractivity contribution in [2.24, 2.45) is 7.05 Å². The number of hydrogen-bond acceptors (Lipinski definition) is 1. The van der Waals surface area contributed by atoms with Gasteiger partial charge in [0, 0.05) is 11.1 Å². The van der Waals surface area contributed by atoms with E-state index in [1.165, 1.54) is 60.8 Å². The molecular weight excluding hydrogens is 390 g/mol.